The summed E-state index contributed by atoms with van der Waals surface area (Å²) in [5.41, 5.74) is -0.789. The van der Waals surface area contributed by atoms with Crippen molar-refractivity contribution in [3.63, 3.8) is 0 Å². The fraction of sp³-hybridized carbons (Fsp3) is 0.400. The van der Waals surface area contributed by atoms with Crippen LogP contribution in [0.15, 0.2) is 28.7 Å². The Morgan fingerprint density at radius 1 is 1.29 bits per heavy atom. The summed E-state index contributed by atoms with van der Waals surface area (Å²) in [6, 6.07) is 6.85. The number of rotatable bonds is 2. The van der Waals surface area contributed by atoms with Gasteiger partial charge in [0, 0.05) is 10.9 Å². The molecule has 1 nitrogen and oxygen atoms in total. The van der Waals surface area contributed by atoms with Crippen molar-refractivity contribution in [1.29, 1.82) is 0 Å². The van der Waals surface area contributed by atoms with Gasteiger partial charge in [0.25, 0.3) is 6.43 Å². The zero-order valence-electron chi connectivity index (χ0n) is 7.34. The summed E-state index contributed by atoms with van der Waals surface area (Å²) in [6.45, 7) is 0.417. The Bertz CT molecular complexity index is 319. The maximum atomic E-state index is 12.8. The van der Waals surface area contributed by atoms with Crippen molar-refractivity contribution in [2.24, 2.45) is 0 Å². The maximum absolute atomic E-state index is 12.8. The molecule has 1 saturated heterocycles. The Balaban J connectivity index is 2.32. The van der Waals surface area contributed by atoms with E-state index >= 15 is 0 Å². The normalized spacial score (nSPS) is 26.3. The number of ether oxygens (including phenoxy) is 1. The molecule has 2 rings (SSSR count). The molecule has 4 heteroatoms. The molecule has 1 aliphatic heterocycles. The maximum Gasteiger partial charge on any atom is 0.271 e. The highest BCUT2D eigenvalue weighted by atomic mass is 79.9. The summed E-state index contributed by atoms with van der Waals surface area (Å²) >= 11 is 3.26. The molecule has 0 radical (unpaired) electrons. The second-order valence-corrected chi connectivity index (χ2v) is 4.21. The van der Waals surface area contributed by atoms with E-state index in [0.717, 1.165) is 4.47 Å². The highest BCUT2D eigenvalue weighted by molar-refractivity contribution is 9.10. The molecular formula is C10H9BrF2O. The van der Waals surface area contributed by atoms with Crippen LogP contribution in [0.1, 0.15) is 12.0 Å². The van der Waals surface area contributed by atoms with Gasteiger partial charge in [0.2, 0.25) is 0 Å². The third-order valence-electron chi connectivity index (χ3n) is 2.52. The molecule has 0 N–H and O–H groups in total. The van der Waals surface area contributed by atoms with Crippen LogP contribution in [0.25, 0.3) is 0 Å². The van der Waals surface area contributed by atoms with Crippen molar-refractivity contribution in [1.82, 2.24) is 0 Å². The molecule has 1 aliphatic rings. The van der Waals surface area contributed by atoms with E-state index in [1.807, 2.05) is 0 Å². The molecule has 1 fully saturated rings. The van der Waals surface area contributed by atoms with E-state index in [4.69, 9.17) is 4.74 Å². The molecule has 0 bridgehead atoms. The first-order chi connectivity index (χ1) is 6.65. The summed E-state index contributed by atoms with van der Waals surface area (Å²) in [5.74, 6) is 0. The summed E-state index contributed by atoms with van der Waals surface area (Å²) in [6.07, 6.45) is -2.07. The van der Waals surface area contributed by atoms with Gasteiger partial charge in [0.05, 0.1) is 6.61 Å². The van der Waals surface area contributed by atoms with Gasteiger partial charge < -0.3 is 4.74 Å². The second-order valence-electron chi connectivity index (χ2n) is 3.30. The Hall–Kier alpha value is -0.480. The summed E-state index contributed by atoms with van der Waals surface area (Å²) in [4.78, 5) is 0. The molecule has 1 aromatic carbocycles. The molecular weight excluding hydrogens is 254 g/mol. The van der Waals surface area contributed by atoms with E-state index < -0.39 is 12.0 Å². The van der Waals surface area contributed by atoms with Crippen molar-refractivity contribution in [3.8, 4) is 0 Å². The lowest BCUT2D eigenvalue weighted by Gasteiger charge is -2.41. The van der Waals surface area contributed by atoms with Crippen molar-refractivity contribution in [2.75, 3.05) is 6.61 Å². The molecule has 0 spiro atoms. The highest BCUT2D eigenvalue weighted by Gasteiger charge is 2.48. The lowest BCUT2D eigenvalue weighted by molar-refractivity contribution is -0.225. The smallest absolute Gasteiger partial charge is 0.271 e. The van der Waals surface area contributed by atoms with Crippen molar-refractivity contribution >= 4 is 15.9 Å². The minimum Gasteiger partial charge on any atom is -0.364 e. The zero-order chi connectivity index (χ0) is 10.2. The summed E-state index contributed by atoms with van der Waals surface area (Å²) in [7, 11) is 0. The van der Waals surface area contributed by atoms with Crippen LogP contribution >= 0.6 is 15.9 Å². The number of hydrogen-bond acceptors (Lipinski definition) is 1. The number of hydrogen-bond donors (Lipinski definition) is 0. The Morgan fingerprint density at radius 2 is 1.86 bits per heavy atom. The molecule has 0 saturated carbocycles. The molecule has 0 aliphatic carbocycles. The van der Waals surface area contributed by atoms with E-state index in [1.165, 1.54) is 0 Å². The number of alkyl halides is 2. The predicted molar refractivity (Wildman–Crippen MR) is 52.4 cm³/mol. The third-order valence-corrected chi connectivity index (χ3v) is 3.05. The van der Waals surface area contributed by atoms with Crippen LogP contribution < -0.4 is 0 Å². The lowest BCUT2D eigenvalue weighted by Crippen LogP contribution is -2.46. The van der Waals surface area contributed by atoms with Crippen LogP contribution in [0.2, 0.25) is 0 Å². The summed E-state index contributed by atoms with van der Waals surface area (Å²) in [5, 5.41) is 0. The van der Waals surface area contributed by atoms with Crippen LogP contribution in [-0.4, -0.2) is 13.0 Å². The van der Waals surface area contributed by atoms with Gasteiger partial charge in [-0.15, -0.1) is 0 Å². The first kappa shape index (κ1) is 10.1. The summed E-state index contributed by atoms with van der Waals surface area (Å²) < 4.78 is 31.5. The molecule has 1 unspecified atom stereocenters. The highest BCUT2D eigenvalue weighted by Crippen LogP contribution is 2.42. The van der Waals surface area contributed by atoms with Gasteiger partial charge >= 0.3 is 0 Å². The largest absolute Gasteiger partial charge is 0.364 e. The predicted octanol–water partition coefficient (Wildman–Crippen LogP) is 3.33. The van der Waals surface area contributed by atoms with E-state index in [-0.39, 0.29) is 0 Å². The lowest BCUT2D eigenvalue weighted by atomic mass is 9.87. The minimum atomic E-state index is -2.46. The van der Waals surface area contributed by atoms with Gasteiger partial charge in [-0.1, -0.05) is 28.1 Å². The SMILES string of the molecule is FC(F)C1(c2ccc(Br)cc2)CCO1. The van der Waals surface area contributed by atoms with Gasteiger partial charge in [-0.2, -0.15) is 0 Å². The topological polar surface area (TPSA) is 9.23 Å². The molecule has 1 heterocycles. The van der Waals surface area contributed by atoms with Crippen molar-refractivity contribution in [3.05, 3.63) is 34.3 Å². The average molecular weight is 263 g/mol. The van der Waals surface area contributed by atoms with Crippen LogP contribution in [0.3, 0.4) is 0 Å². The minimum absolute atomic E-state index is 0.395. The van der Waals surface area contributed by atoms with Crippen molar-refractivity contribution in [2.45, 2.75) is 18.4 Å². The van der Waals surface area contributed by atoms with E-state index in [0.29, 0.717) is 18.6 Å². The Morgan fingerprint density at radius 3 is 2.21 bits per heavy atom. The average Bonchev–Trinajstić information content (AvgIpc) is 2.05. The molecule has 0 amide bonds. The van der Waals surface area contributed by atoms with Crippen LogP contribution in [0, 0.1) is 0 Å². The fourth-order valence-electron chi connectivity index (χ4n) is 1.58. The van der Waals surface area contributed by atoms with Gasteiger partial charge in [0.15, 0.2) is 5.60 Å². The number of benzene rings is 1. The van der Waals surface area contributed by atoms with Crippen LogP contribution in [0.4, 0.5) is 8.78 Å². The van der Waals surface area contributed by atoms with Gasteiger partial charge in [-0.25, -0.2) is 8.78 Å². The second kappa shape index (κ2) is 3.59. The third kappa shape index (κ3) is 1.46. The Labute approximate surface area is 89.2 Å². The molecule has 1 aromatic rings. The molecule has 76 valence electrons. The standard InChI is InChI=1S/C10H9BrF2O/c11-8-3-1-7(2-4-8)10(9(12)13)5-6-14-10/h1-4,9H,5-6H2. The first-order valence-electron chi connectivity index (χ1n) is 4.33. The first-order valence-corrected chi connectivity index (χ1v) is 5.12. The van der Waals surface area contributed by atoms with E-state index in [1.54, 1.807) is 24.3 Å². The quantitative estimate of drug-likeness (QED) is 0.795. The zero-order valence-corrected chi connectivity index (χ0v) is 8.93. The van der Waals surface area contributed by atoms with Crippen LogP contribution in [0.5, 0.6) is 0 Å². The monoisotopic (exact) mass is 262 g/mol. The Kier molecular flexibility index (Phi) is 2.58. The van der Waals surface area contributed by atoms with Crippen LogP contribution in [-0.2, 0) is 10.3 Å². The van der Waals surface area contributed by atoms with Crippen molar-refractivity contribution < 1.29 is 13.5 Å². The van der Waals surface area contributed by atoms with E-state index in [9.17, 15) is 8.78 Å². The molecule has 1 atom stereocenters. The van der Waals surface area contributed by atoms with Gasteiger partial charge in [-0.3, -0.25) is 0 Å². The molecule has 0 aromatic heterocycles. The fourth-order valence-corrected chi connectivity index (χ4v) is 1.84. The van der Waals surface area contributed by atoms with E-state index in [2.05, 4.69) is 15.9 Å². The van der Waals surface area contributed by atoms with Gasteiger partial charge in [-0.05, 0) is 17.7 Å². The number of halogens is 3. The van der Waals surface area contributed by atoms with Gasteiger partial charge in [0.1, 0.15) is 0 Å². The molecule has 14 heavy (non-hydrogen) atoms.